The van der Waals surface area contributed by atoms with Gasteiger partial charge in [0.15, 0.2) is 0 Å². The van der Waals surface area contributed by atoms with Gasteiger partial charge in [0, 0.05) is 75.8 Å². The van der Waals surface area contributed by atoms with E-state index in [1.54, 1.807) is 0 Å². The van der Waals surface area contributed by atoms with Crippen LogP contribution in [0.5, 0.6) is 0 Å². The lowest BCUT2D eigenvalue weighted by Gasteiger charge is -2.26. The van der Waals surface area contributed by atoms with E-state index in [9.17, 15) is 14.4 Å². The molecule has 0 radical (unpaired) electrons. The highest BCUT2D eigenvalue weighted by atomic mass is 32.1. The summed E-state index contributed by atoms with van der Waals surface area (Å²) in [5.41, 5.74) is 0. The lowest BCUT2D eigenvalue weighted by atomic mass is 10.2. The highest BCUT2D eigenvalue weighted by Gasteiger charge is 2.13. The summed E-state index contributed by atoms with van der Waals surface area (Å²) in [6.45, 7) is 7.18. The van der Waals surface area contributed by atoms with E-state index in [1.165, 1.54) is 0 Å². The van der Waals surface area contributed by atoms with Crippen LogP contribution in [0, 0.1) is 0 Å². The zero-order chi connectivity index (χ0) is 26.3. The number of hydrogen-bond acceptors (Lipinski definition) is 9. The zero-order valence-electron chi connectivity index (χ0n) is 21.6. The van der Waals surface area contributed by atoms with Gasteiger partial charge in [0.25, 0.3) is 0 Å². The second-order valence-electron chi connectivity index (χ2n) is 8.66. The molecule has 0 atom stereocenters. The molecule has 0 rings (SSSR count). The van der Waals surface area contributed by atoms with Gasteiger partial charge in [-0.1, -0.05) is 0 Å². The molecule has 0 saturated carbocycles. The summed E-state index contributed by atoms with van der Waals surface area (Å²) >= 11 is 12.4. The molecule has 206 valence electrons. The lowest BCUT2D eigenvalue weighted by molar-refractivity contribution is -0.122. The average molecular weight is 553 g/mol. The summed E-state index contributed by atoms with van der Waals surface area (Å²) in [5.74, 6) is 1.90. The van der Waals surface area contributed by atoms with E-state index in [-0.39, 0.29) is 17.7 Å². The van der Waals surface area contributed by atoms with Crippen molar-refractivity contribution in [1.29, 1.82) is 0 Å². The lowest BCUT2D eigenvalue weighted by Crippen LogP contribution is -2.37. The summed E-state index contributed by atoms with van der Waals surface area (Å²) in [6.07, 6.45) is 3.19. The van der Waals surface area contributed by atoms with Crippen LogP contribution < -0.4 is 16.0 Å². The molecule has 0 aromatic rings. The first-order valence-electron chi connectivity index (χ1n) is 12.5. The Morgan fingerprint density at radius 1 is 0.543 bits per heavy atom. The predicted molar refractivity (Wildman–Crippen MR) is 155 cm³/mol. The fraction of sp³-hybridized carbons (Fsp3) is 0.870. The number of amides is 3. The van der Waals surface area contributed by atoms with Gasteiger partial charge in [-0.2, -0.15) is 37.9 Å². The van der Waals surface area contributed by atoms with Crippen LogP contribution in [0.25, 0.3) is 0 Å². The topological polar surface area (TPSA) is 97.0 Å². The highest BCUT2D eigenvalue weighted by Crippen LogP contribution is 2.02. The molecule has 3 amide bonds. The molecule has 0 aliphatic carbocycles. The van der Waals surface area contributed by atoms with Crippen LogP contribution in [-0.2, 0) is 14.4 Å². The second-order valence-corrected chi connectivity index (χ2v) is 10.0. The van der Waals surface area contributed by atoms with Crippen LogP contribution in [0.2, 0.25) is 0 Å². The maximum absolute atomic E-state index is 12.1. The normalized spacial score (nSPS) is 11.3. The van der Waals surface area contributed by atoms with Crippen molar-refractivity contribution in [2.45, 2.75) is 32.1 Å². The van der Waals surface area contributed by atoms with Crippen LogP contribution in [0.1, 0.15) is 32.1 Å². The van der Waals surface area contributed by atoms with E-state index in [4.69, 9.17) is 0 Å². The van der Waals surface area contributed by atoms with Crippen molar-refractivity contribution in [2.24, 2.45) is 0 Å². The van der Waals surface area contributed by atoms with E-state index >= 15 is 0 Å². The predicted octanol–water partition coefficient (Wildman–Crippen LogP) is 0.241. The summed E-state index contributed by atoms with van der Waals surface area (Å²) in [4.78, 5) is 42.8. The van der Waals surface area contributed by atoms with E-state index in [0.29, 0.717) is 75.8 Å². The molecule has 9 nitrogen and oxygen atoms in total. The number of carbonyl (C=O) groups excluding carboxylic acids is 3. The Hall–Kier alpha value is -0.660. The average Bonchev–Trinajstić information content (AvgIpc) is 2.83. The van der Waals surface area contributed by atoms with Crippen LogP contribution in [0.15, 0.2) is 0 Å². The number of thiol groups is 3. The molecule has 35 heavy (non-hydrogen) atoms. The molecule has 0 aliphatic rings. The molecule has 0 spiro atoms. The minimum atomic E-state index is 0.00103. The van der Waals surface area contributed by atoms with Crippen LogP contribution in [-0.4, -0.2) is 129 Å². The van der Waals surface area contributed by atoms with Crippen LogP contribution in [0.4, 0.5) is 0 Å². The maximum Gasteiger partial charge on any atom is 0.221 e. The molecule has 0 unspecified atom stereocenters. The smallest absolute Gasteiger partial charge is 0.221 e. The van der Waals surface area contributed by atoms with Crippen molar-refractivity contribution in [2.75, 3.05) is 96.8 Å². The SMILES string of the molecule is CN(C)CCCN(CCCN(CCC(=O)NCCS)CCC(=O)NCCS)CCC(=O)NCCS. The van der Waals surface area contributed by atoms with Gasteiger partial charge in [-0.15, -0.1) is 0 Å². The van der Waals surface area contributed by atoms with Gasteiger partial charge in [0.05, 0.1) is 0 Å². The minimum Gasteiger partial charge on any atom is -0.355 e. The summed E-state index contributed by atoms with van der Waals surface area (Å²) < 4.78 is 0. The monoisotopic (exact) mass is 552 g/mol. The fourth-order valence-corrected chi connectivity index (χ4v) is 3.76. The van der Waals surface area contributed by atoms with Crippen molar-refractivity contribution in [3.05, 3.63) is 0 Å². The number of hydrogen-bond donors (Lipinski definition) is 6. The third-order valence-electron chi connectivity index (χ3n) is 5.30. The molecule has 0 fully saturated rings. The molecule has 12 heteroatoms. The Morgan fingerprint density at radius 3 is 1.17 bits per heavy atom. The largest absolute Gasteiger partial charge is 0.355 e. The first kappa shape index (κ1) is 34.3. The number of nitrogens with zero attached hydrogens (tertiary/aromatic N) is 3. The Labute approximate surface area is 229 Å². The molecule has 0 heterocycles. The first-order chi connectivity index (χ1) is 16.8. The Morgan fingerprint density at radius 2 is 0.857 bits per heavy atom. The van der Waals surface area contributed by atoms with Gasteiger partial charge in [-0.25, -0.2) is 0 Å². The van der Waals surface area contributed by atoms with Gasteiger partial charge >= 0.3 is 0 Å². The number of nitrogens with one attached hydrogen (secondary N) is 3. The Bertz CT molecular complexity index is 549. The third-order valence-corrected chi connectivity index (χ3v) is 5.97. The fourth-order valence-electron chi connectivity index (χ4n) is 3.43. The van der Waals surface area contributed by atoms with Crippen LogP contribution >= 0.6 is 37.9 Å². The van der Waals surface area contributed by atoms with Crippen molar-refractivity contribution in [3.63, 3.8) is 0 Å². The molecule has 0 bridgehead atoms. The van der Waals surface area contributed by atoms with E-state index in [2.05, 4.69) is 82.6 Å². The molecular formula is C23H48N6O3S3. The Kier molecular flexibility index (Phi) is 23.3. The van der Waals surface area contributed by atoms with E-state index in [1.807, 2.05) is 0 Å². The van der Waals surface area contributed by atoms with E-state index < -0.39 is 0 Å². The molecule has 0 saturated heterocycles. The van der Waals surface area contributed by atoms with Gasteiger partial charge in [0.2, 0.25) is 17.7 Å². The van der Waals surface area contributed by atoms with Gasteiger partial charge in [-0.3, -0.25) is 14.4 Å². The number of rotatable bonds is 23. The minimum absolute atomic E-state index is 0.00103. The van der Waals surface area contributed by atoms with E-state index in [0.717, 1.165) is 39.0 Å². The van der Waals surface area contributed by atoms with Crippen molar-refractivity contribution >= 4 is 55.6 Å². The zero-order valence-corrected chi connectivity index (χ0v) is 24.3. The second kappa shape index (κ2) is 23.7. The summed E-state index contributed by atoms with van der Waals surface area (Å²) in [6, 6.07) is 0. The van der Waals surface area contributed by atoms with Crippen LogP contribution in [0.3, 0.4) is 0 Å². The first-order valence-corrected chi connectivity index (χ1v) is 14.4. The maximum atomic E-state index is 12.1. The number of carbonyl (C=O) groups is 3. The molecule has 3 N–H and O–H groups in total. The molecule has 0 aliphatic heterocycles. The highest BCUT2D eigenvalue weighted by molar-refractivity contribution is 7.80. The quantitative estimate of drug-likeness (QED) is 0.102. The third kappa shape index (κ3) is 22.3. The standard InChI is InChI=1S/C23H48N6O3S3/c1-27(2)11-3-12-28(15-5-21(30)24-8-18-33)13-4-14-29(16-6-22(31)25-9-19-34)17-7-23(32)26-10-20-35/h33-35H,3-20H2,1-2H3,(H,24,30)(H,25,31)(H,26,32). The molecular weight excluding hydrogens is 504 g/mol. The van der Waals surface area contributed by atoms with Crippen molar-refractivity contribution in [3.8, 4) is 0 Å². The van der Waals surface area contributed by atoms with Crippen molar-refractivity contribution < 1.29 is 14.4 Å². The van der Waals surface area contributed by atoms with Gasteiger partial charge in [-0.05, 0) is 53.1 Å². The summed E-state index contributed by atoms with van der Waals surface area (Å²) in [5, 5.41) is 8.56. The van der Waals surface area contributed by atoms with Gasteiger partial charge < -0.3 is 30.7 Å². The van der Waals surface area contributed by atoms with Gasteiger partial charge in [0.1, 0.15) is 0 Å². The Balaban J connectivity index is 4.76. The summed E-state index contributed by atoms with van der Waals surface area (Å²) in [7, 11) is 4.12. The van der Waals surface area contributed by atoms with Crippen molar-refractivity contribution in [1.82, 2.24) is 30.7 Å². The molecule has 0 aromatic carbocycles. The molecule has 0 aromatic heterocycles.